The van der Waals surface area contributed by atoms with Crippen LogP contribution in [0.1, 0.15) is 37.8 Å². The average Bonchev–Trinajstić information content (AvgIpc) is 2.63. The molecule has 0 heterocycles. The summed E-state index contributed by atoms with van der Waals surface area (Å²) in [6.07, 6.45) is 4.54. The standard InChI is InChI=1S/C21H24O4/c1-3-5-14-24-18-10-12-19(13-11-18)25-20(21(22)23)15-17-8-6-16(4-2)7-9-17/h6-13,15H,3-5,14H2,1-2H3,(H,22,23). The Morgan fingerprint density at radius 2 is 1.64 bits per heavy atom. The van der Waals surface area contributed by atoms with Gasteiger partial charge < -0.3 is 14.6 Å². The summed E-state index contributed by atoms with van der Waals surface area (Å²) in [4.78, 5) is 11.5. The van der Waals surface area contributed by atoms with E-state index >= 15 is 0 Å². The largest absolute Gasteiger partial charge is 0.494 e. The summed E-state index contributed by atoms with van der Waals surface area (Å²) in [5.41, 5.74) is 1.99. The summed E-state index contributed by atoms with van der Waals surface area (Å²) in [7, 11) is 0. The number of aliphatic carboxylic acids is 1. The molecule has 0 atom stereocenters. The Kier molecular flexibility index (Phi) is 7.08. The van der Waals surface area contributed by atoms with Crippen LogP contribution in [-0.4, -0.2) is 17.7 Å². The maximum Gasteiger partial charge on any atom is 0.371 e. The number of rotatable bonds is 9. The molecular formula is C21H24O4. The molecule has 4 heteroatoms. The number of hydrogen-bond donors (Lipinski definition) is 1. The van der Waals surface area contributed by atoms with Crippen LogP contribution in [0.4, 0.5) is 0 Å². The second-order valence-corrected chi connectivity index (χ2v) is 5.68. The Labute approximate surface area is 148 Å². The highest BCUT2D eigenvalue weighted by atomic mass is 16.5. The van der Waals surface area contributed by atoms with E-state index in [4.69, 9.17) is 9.47 Å². The van der Waals surface area contributed by atoms with Crippen LogP contribution in [0.15, 0.2) is 54.3 Å². The van der Waals surface area contributed by atoms with E-state index in [9.17, 15) is 9.90 Å². The summed E-state index contributed by atoms with van der Waals surface area (Å²) >= 11 is 0. The lowest BCUT2D eigenvalue weighted by atomic mass is 10.1. The van der Waals surface area contributed by atoms with E-state index in [-0.39, 0.29) is 5.76 Å². The van der Waals surface area contributed by atoms with Crippen LogP contribution in [-0.2, 0) is 11.2 Å². The molecule has 2 aromatic rings. The molecule has 0 bridgehead atoms. The van der Waals surface area contributed by atoms with E-state index in [1.54, 1.807) is 24.3 Å². The molecular weight excluding hydrogens is 316 g/mol. The van der Waals surface area contributed by atoms with Crippen molar-refractivity contribution in [1.82, 2.24) is 0 Å². The zero-order valence-electron chi connectivity index (χ0n) is 14.7. The summed E-state index contributed by atoms with van der Waals surface area (Å²) in [6.45, 7) is 4.85. The summed E-state index contributed by atoms with van der Waals surface area (Å²) in [5.74, 6) is -0.0229. The van der Waals surface area contributed by atoms with E-state index in [2.05, 4.69) is 13.8 Å². The van der Waals surface area contributed by atoms with Crippen molar-refractivity contribution in [3.63, 3.8) is 0 Å². The quantitative estimate of drug-likeness (QED) is 0.399. The van der Waals surface area contributed by atoms with Gasteiger partial charge in [0, 0.05) is 0 Å². The fourth-order valence-electron chi connectivity index (χ4n) is 2.20. The van der Waals surface area contributed by atoms with Gasteiger partial charge in [-0.15, -0.1) is 0 Å². The molecule has 0 amide bonds. The predicted molar refractivity (Wildman–Crippen MR) is 98.9 cm³/mol. The van der Waals surface area contributed by atoms with Gasteiger partial charge in [0.25, 0.3) is 0 Å². The van der Waals surface area contributed by atoms with Gasteiger partial charge in [-0.05, 0) is 54.3 Å². The number of benzene rings is 2. The van der Waals surface area contributed by atoms with Gasteiger partial charge in [0.15, 0.2) is 0 Å². The molecule has 0 spiro atoms. The maximum absolute atomic E-state index is 11.5. The summed E-state index contributed by atoms with van der Waals surface area (Å²) in [6, 6.07) is 14.7. The third kappa shape index (κ3) is 5.99. The van der Waals surface area contributed by atoms with Gasteiger partial charge in [-0.3, -0.25) is 0 Å². The molecule has 2 aromatic carbocycles. The molecule has 0 saturated heterocycles. The van der Waals surface area contributed by atoms with E-state index in [1.807, 2.05) is 24.3 Å². The molecule has 25 heavy (non-hydrogen) atoms. The lowest BCUT2D eigenvalue weighted by Gasteiger charge is -2.09. The van der Waals surface area contributed by atoms with Gasteiger partial charge in [0.2, 0.25) is 5.76 Å². The molecule has 0 radical (unpaired) electrons. The third-order valence-corrected chi connectivity index (χ3v) is 3.71. The summed E-state index contributed by atoms with van der Waals surface area (Å²) < 4.78 is 11.1. The highest BCUT2D eigenvalue weighted by Gasteiger charge is 2.10. The second kappa shape index (κ2) is 9.52. The van der Waals surface area contributed by atoms with Crippen molar-refractivity contribution in [2.45, 2.75) is 33.1 Å². The van der Waals surface area contributed by atoms with Crippen LogP contribution in [0.5, 0.6) is 11.5 Å². The highest BCUT2D eigenvalue weighted by molar-refractivity contribution is 5.90. The Hall–Kier alpha value is -2.75. The smallest absolute Gasteiger partial charge is 0.371 e. The molecule has 0 aliphatic carbocycles. The normalized spacial score (nSPS) is 11.2. The number of ether oxygens (including phenoxy) is 2. The first-order valence-electron chi connectivity index (χ1n) is 8.57. The SMILES string of the molecule is CCCCOc1ccc(OC(=Cc2ccc(CC)cc2)C(=O)O)cc1. The zero-order chi connectivity index (χ0) is 18.1. The van der Waals surface area contributed by atoms with Crippen LogP contribution in [0.25, 0.3) is 6.08 Å². The zero-order valence-corrected chi connectivity index (χ0v) is 14.7. The van der Waals surface area contributed by atoms with E-state index < -0.39 is 5.97 Å². The minimum Gasteiger partial charge on any atom is -0.494 e. The highest BCUT2D eigenvalue weighted by Crippen LogP contribution is 2.21. The molecule has 4 nitrogen and oxygen atoms in total. The topological polar surface area (TPSA) is 55.8 Å². The van der Waals surface area contributed by atoms with Gasteiger partial charge in [-0.2, -0.15) is 0 Å². The monoisotopic (exact) mass is 340 g/mol. The van der Waals surface area contributed by atoms with Crippen molar-refractivity contribution in [1.29, 1.82) is 0 Å². The van der Waals surface area contributed by atoms with Crippen molar-refractivity contribution in [2.75, 3.05) is 6.61 Å². The number of hydrogen-bond acceptors (Lipinski definition) is 3. The molecule has 0 saturated carbocycles. The van der Waals surface area contributed by atoms with Crippen LogP contribution in [0.2, 0.25) is 0 Å². The molecule has 0 aromatic heterocycles. The molecule has 0 aliphatic heterocycles. The summed E-state index contributed by atoms with van der Waals surface area (Å²) in [5, 5.41) is 9.38. The van der Waals surface area contributed by atoms with E-state index in [0.717, 1.165) is 30.6 Å². The van der Waals surface area contributed by atoms with Crippen LogP contribution >= 0.6 is 0 Å². The molecule has 0 fully saturated rings. The lowest BCUT2D eigenvalue weighted by molar-refractivity contribution is -0.134. The molecule has 0 unspecified atom stereocenters. The number of carboxylic acids is 1. The molecule has 0 aliphatic rings. The molecule has 1 N–H and O–H groups in total. The predicted octanol–water partition coefficient (Wildman–Crippen LogP) is 4.93. The average molecular weight is 340 g/mol. The van der Waals surface area contributed by atoms with Gasteiger partial charge in [-0.25, -0.2) is 4.79 Å². The molecule has 2 rings (SSSR count). The van der Waals surface area contributed by atoms with Crippen LogP contribution in [0.3, 0.4) is 0 Å². The fourth-order valence-corrected chi connectivity index (χ4v) is 2.20. The van der Waals surface area contributed by atoms with Crippen LogP contribution in [0, 0.1) is 0 Å². The Morgan fingerprint density at radius 3 is 2.20 bits per heavy atom. The van der Waals surface area contributed by atoms with Gasteiger partial charge >= 0.3 is 5.97 Å². The van der Waals surface area contributed by atoms with Crippen molar-refractivity contribution in [2.24, 2.45) is 0 Å². The number of aryl methyl sites for hydroxylation is 1. The van der Waals surface area contributed by atoms with Crippen molar-refractivity contribution < 1.29 is 19.4 Å². The lowest BCUT2D eigenvalue weighted by Crippen LogP contribution is -2.07. The van der Waals surface area contributed by atoms with Gasteiger partial charge in [0.05, 0.1) is 6.61 Å². The number of carboxylic acid groups (broad SMARTS) is 1. The number of carbonyl (C=O) groups is 1. The first-order chi connectivity index (χ1) is 12.1. The van der Waals surface area contributed by atoms with Crippen molar-refractivity contribution in [3.8, 4) is 11.5 Å². The second-order valence-electron chi connectivity index (χ2n) is 5.68. The van der Waals surface area contributed by atoms with Crippen molar-refractivity contribution >= 4 is 12.0 Å². The minimum absolute atomic E-state index is 0.121. The molecule has 132 valence electrons. The van der Waals surface area contributed by atoms with Crippen molar-refractivity contribution in [3.05, 3.63) is 65.4 Å². The van der Waals surface area contributed by atoms with E-state index in [0.29, 0.717) is 12.4 Å². The third-order valence-electron chi connectivity index (χ3n) is 3.71. The Balaban J connectivity index is 2.07. The van der Waals surface area contributed by atoms with E-state index in [1.165, 1.54) is 11.6 Å². The fraction of sp³-hybridized carbons (Fsp3) is 0.286. The maximum atomic E-state index is 11.5. The van der Waals surface area contributed by atoms with Crippen LogP contribution < -0.4 is 9.47 Å². The minimum atomic E-state index is -1.11. The Morgan fingerprint density at radius 1 is 1.00 bits per heavy atom. The first-order valence-corrected chi connectivity index (χ1v) is 8.57. The first kappa shape index (κ1) is 18.6. The van der Waals surface area contributed by atoms with Gasteiger partial charge in [0.1, 0.15) is 11.5 Å². The number of unbranched alkanes of at least 4 members (excludes halogenated alkanes) is 1. The Bertz CT molecular complexity index is 700. The van der Waals surface area contributed by atoms with Gasteiger partial charge in [-0.1, -0.05) is 44.5 Å².